The van der Waals surface area contributed by atoms with Crippen LogP contribution < -0.4 is 10.0 Å². The molecule has 0 heterocycles. The fourth-order valence-corrected chi connectivity index (χ4v) is 3.83. The third-order valence-electron chi connectivity index (χ3n) is 4.57. The highest BCUT2D eigenvalue weighted by atomic mass is 32.2. The van der Waals surface area contributed by atoms with Gasteiger partial charge < -0.3 is 10.1 Å². The molecule has 0 aliphatic carbocycles. The number of benzene rings is 2. The van der Waals surface area contributed by atoms with Gasteiger partial charge in [0.2, 0.25) is 15.9 Å². The lowest BCUT2D eigenvalue weighted by atomic mass is 10.0. The van der Waals surface area contributed by atoms with E-state index >= 15 is 0 Å². The second-order valence-electron chi connectivity index (χ2n) is 6.70. The average Bonchev–Trinajstić information content (AvgIpc) is 2.69. The Hall–Kier alpha value is -2.71. The molecule has 2 aromatic rings. The zero-order valence-corrected chi connectivity index (χ0v) is 17.6. The van der Waals surface area contributed by atoms with Crippen molar-refractivity contribution in [3.63, 3.8) is 0 Å². The van der Waals surface area contributed by atoms with E-state index in [1.54, 1.807) is 24.3 Å². The summed E-state index contributed by atoms with van der Waals surface area (Å²) < 4.78 is 31.9. The van der Waals surface area contributed by atoms with Crippen molar-refractivity contribution in [3.05, 3.63) is 65.2 Å². The minimum atomic E-state index is -3.70. The molecular weight excluding hydrogens is 392 g/mol. The first kappa shape index (κ1) is 22.6. The van der Waals surface area contributed by atoms with Gasteiger partial charge in [-0.1, -0.05) is 36.4 Å². The smallest absolute Gasteiger partial charge is 0.307 e. The van der Waals surface area contributed by atoms with Crippen molar-refractivity contribution in [2.45, 2.75) is 37.6 Å². The molecule has 2 N–H and O–H groups in total. The average molecular weight is 419 g/mol. The van der Waals surface area contributed by atoms with Gasteiger partial charge in [-0.15, -0.1) is 0 Å². The predicted octanol–water partition coefficient (Wildman–Crippen LogP) is 2.39. The van der Waals surface area contributed by atoms with E-state index in [-0.39, 0.29) is 30.2 Å². The molecule has 1 unspecified atom stereocenters. The van der Waals surface area contributed by atoms with E-state index in [4.69, 9.17) is 4.74 Å². The molecule has 0 bridgehead atoms. The molecule has 2 aromatic carbocycles. The van der Waals surface area contributed by atoms with Gasteiger partial charge in [0.25, 0.3) is 0 Å². The number of carbonyl (C=O) groups excluding carboxylic acids is 2. The van der Waals surface area contributed by atoms with Crippen LogP contribution in [0.4, 0.5) is 0 Å². The number of methoxy groups -OCH3 is 1. The van der Waals surface area contributed by atoms with Crippen molar-refractivity contribution in [2.75, 3.05) is 13.7 Å². The SMILES string of the molecule is COC(=O)CC(NC(=O)CCNS(=O)(=O)c1ccc(C)c(C)c1)c1ccccc1. The highest BCUT2D eigenvalue weighted by Gasteiger charge is 2.20. The summed E-state index contributed by atoms with van der Waals surface area (Å²) in [7, 11) is -2.42. The Morgan fingerprint density at radius 2 is 1.72 bits per heavy atom. The third kappa shape index (κ3) is 6.69. The molecule has 0 aliphatic rings. The number of carbonyl (C=O) groups is 2. The number of amides is 1. The molecule has 0 aliphatic heterocycles. The number of hydrogen-bond donors (Lipinski definition) is 2. The minimum absolute atomic E-state index is 0.0133. The van der Waals surface area contributed by atoms with Gasteiger partial charge in [-0.3, -0.25) is 9.59 Å². The fourth-order valence-electron chi connectivity index (χ4n) is 2.72. The number of ether oxygens (including phenoxy) is 1. The van der Waals surface area contributed by atoms with Crippen LogP contribution in [0.15, 0.2) is 53.4 Å². The molecule has 7 nitrogen and oxygen atoms in total. The maximum atomic E-state index is 12.4. The summed E-state index contributed by atoms with van der Waals surface area (Å²) in [6.07, 6.45) is -0.0742. The monoisotopic (exact) mass is 418 g/mol. The van der Waals surface area contributed by atoms with Crippen LogP contribution >= 0.6 is 0 Å². The first-order valence-corrected chi connectivity index (χ1v) is 10.7. The molecule has 0 saturated heterocycles. The van der Waals surface area contributed by atoms with Crippen LogP contribution in [-0.4, -0.2) is 33.9 Å². The zero-order chi connectivity index (χ0) is 21.4. The number of nitrogens with one attached hydrogen (secondary N) is 2. The Bertz CT molecular complexity index is 958. The largest absolute Gasteiger partial charge is 0.469 e. The topological polar surface area (TPSA) is 102 Å². The molecule has 0 radical (unpaired) electrons. The summed E-state index contributed by atoms with van der Waals surface area (Å²) in [4.78, 5) is 24.1. The first-order chi connectivity index (χ1) is 13.7. The normalized spacial score (nSPS) is 12.2. The van der Waals surface area contributed by atoms with E-state index in [1.807, 2.05) is 32.0 Å². The first-order valence-electron chi connectivity index (χ1n) is 9.21. The third-order valence-corrected chi connectivity index (χ3v) is 6.03. The van der Waals surface area contributed by atoms with Crippen molar-refractivity contribution in [3.8, 4) is 0 Å². The Kier molecular flexibility index (Phi) is 7.92. The Balaban J connectivity index is 1.96. The van der Waals surface area contributed by atoms with Gasteiger partial charge in [0, 0.05) is 13.0 Å². The summed E-state index contributed by atoms with van der Waals surface area (Å²) in [5.41, 5.74) is 2.64. The Labute approximate surface area is 171 Å². The summed E-state index contributed by atoms with van der Waals surface area (Å²) in [5.74, 6) is -0.819. The van der Waals surface area contributed by atoms with E-state index < -0.39 is 22.0 Å². The maximum Gasteiger partial charge on any atom is 0.307 e. The fraction of sp³-hybridized carbons (Fsp3) is 0.333. The number of rotatable bonds is 9. The van der Waals surface area contributed by atoms with E-state index in [0.29, 0.717) is 0 Å². The Morgan fingerprint density at radius 3 is 2.34 bits per heavy atom. The van der Waals surface area contributed by atoms with E-state index in [9.17, 15) is 18.0 Å². The highest BCUT2D eigenvalue weighted by molar-refractivity contribution is 7.89. The van der Waals surface area contributed by atoms with Crippen molar-refractivity contribution < 1.29 is 22.7 Å². The van der Waals surface area contributed by atoms with Gasteiger partial charge in [0.15, 0.2) is 0 Å². The number of aryl methyl sites for hydroxylation is 2. The summed E-state index contributed by atoms with van der Waals surface area (Å²) in [5, 5.41) is 2.77. The van der Waals surface area contributed by atoms with Gasteiger partial charge >= 0.3 is 5.97 Å². The minimum Gasteiger partial charge on any atom is -0.469 e. The molecular formula is C21H26N2O5S. The van der Waals surface area contributed by atoms with Crippen LogP contribution in [0.3, 0.4) is 0 Å². The van der Waals surface area contributed by atoms with Crippen LogP contribution in [0.2, 0.25) is 0 Å². The number of hydrogen-bond acceptors (Lipinski definition) is 5. The van der Waals surface area contributed by atoms with Gasteiger partial charge in [-0.2, -0.15) is 0 Å². The standard InChI is InChI=1S/C21H26N2O5S/c1-15-9-10-18(13-16(15)2)29(26,27)22-12-11-20(24)23-19(14-21(25)28-3)17-7-5-4-6-8-17/h4-10,13,19,22H,11-12,14H2,1-3H3,(H,23,24). The lowest BCUT2D eigenvalue weighted by Crippen LogP contribution is -2.34. The van der Waals surface area contributed by atoms with Crippen LogP contribution in [-0.2, 0) is 24.3 Å². The van der Waals surface area contributed by atoms with Crippen molar-refractivity contribution in [2.24, 2.45) is 0 Å². The highest BCUT2D eigenvalue weighted by Crippen LogP contribution is 2.17. The molecule has 1 amide bonds. The predicted molar refractivity (Wildman–Crippen MR) is 110 cm³/mol. The molecule has 1 atom stereocenters. The Morgan fingerprint density at radius 1 is 1.03 bits per heavy atom. The molecule has 8 heteroatoms. The lowest BCUT2D eigenvalue weighted by molar-refractivity contribution is -0.141. The second-order valence-corrected chi connectivity index (χ2v) is 8.47. The van der Waals surface area contributed by atoms with E-state index in [2.05, 4.69) is 10.0 Å². The van der Waals surface area contributed by atoms with Crippen LogP contribution in [0.5, 0.6) is 0 Å². The quantitative estimate of drug-likeness (QED) is 0.609. The van der Waals surface area contributed by atoms with Gasteiger partial charge in [0.05, 0.1) is 24.5 Å². The van der Waals surface area contributed by atoms with Crippen molar-refractivity contribution >= 4 is 21.9 Å². The van der Waals surface area contributed by atoms with Gasteiger partial charge in [0.1, 0.15) is 0 Å². The number of sulfonamides is 1. The van der Waals surface area contributed by atoms with Crippen molar-refractivity contribution in [1.29, 1.82) is 0 Å². The molecule has 0 spiro atoms. The summed E-state index contributed by atoms with van der Waals surface area (Å²) >= 11 is 0. The lowest BCUT2D eigenvalue weighted by Gasteiger charge is -2.18. The van der Waals surface area contributed by atoms with Gasteiger partial charge in [-0.05, 0) is 42.7 Å². The molecule has 156 valence electrons. The van der Waals surface area contributed by atoms with E-state index in [1.165, 1.54) is 13.2 Å². The number of esters is 1. The molecule has 0 fully saturated rings. The maximum absolute atomic E-state index is 12.4. The van der Waals surface area contributed by atoms with Gasteiger partial charge in [-0.25, -0.2) is 13.1 Å². The molecule has 0 aromatic heterocycles. The molecule has 29 heavy (non-hydrogen) atoms. The second kappa shape index (κ2) is 10.2. The summed E-state index contributed by atoms with van der Waals surface area (Å²) in [6, 6.07) is 13.4. The van der Waals surface area contributed by atoms with E-state index in [0.717, 1.165) is 16.7 Å². The van der Waals surface area contributed by atoms with Crippen molar-refractivity contribution in [1.82, 2.24) is 10.0 Å². The molecule has 0 saturated carbocycles. The van der Waals surface area contributed by atoms with Crippen LogP contribution in [0, 0.1) is 13.8 Å². The van der Waals surface area contributed by atoms with Crippen LogP contribution in [0.1, 0.15) is 35.6 Å². The summed E-state index contributed by atoms with van der Waals surface area (Å²) in [6.45, 7) is 3.69. The van der Waals surface area contributed by atoms with Crippen LogP contribution in [0.25, 0.3) is 0 Å². The molecule has 2 rings (SSSR count). The zero-order valence-electron chi connectivity index (χ0n) is 16.8.